The quantitative estimate of drug-likeness (QED) is 0.802. The molecule has 0 radical (unpaired) electrons. The second kappa shape index (κ2) is 8.02. The van der Waals surface area contributed by atoms with Crippen molar-refractivity contribution in [3.8, 4) is 0 Å². The number of hydrogen-bond donors (Lipinski definition) is 2. The molecule has 0 amide bonds. The number of hydrogen-bond acceptors (Lipinski definition) is 4. The second-order valence-corrected chi connectivity index (χ2v) is 8.25. The highest BCUT2D eigenvalue weighted by Gasteiger charge is 2.24. The SMILES string of the molecule is CCCS(=O)(=O)Nc1ccc(N[C@@H]2CCN(CC)C[C@@H]2C)cc1. The van der Waals surface area contributed by atoms with Crippen LogP contribution in [0.5, 0.6) is 0 Å². The molecule has 1 aromatic rings. The summed E-state index contributed by atoms with van der Waals surface area (Å²) in [6, 6.07) is 8.01. The Morgan fingerprint density at radius 2 is 1.83 bits per heavy atom. The van der Waals surface area contributed by atoms with E-state index in [0.717, 1.165) is 31.7 Å². The Hall–Kier alpha value is -1.27. The van der Waals surface area contributed by atoms with Crippen LogP contribution >= 0.6 is 0 Å². The van der Waals surface area contributed by atoms with Crippen LogP contribution in [0.1, 0.15) is 33.6 Å². The summed E-state index contributed by atoms with van der Waals surface area (Å²) in [6.07, 6.45) is 1.75. The fourth-order valence-corrected chi connectivity index (χ4v) is 4.22. The summed E-state index contributed by atoms with van der Waals surface area (Å²) in [6.45, 7) is 9.73. The Labute approximate surface area is 140 Å². The maximum atomic E-state index is 11.8. The second-order valence-electron chi connectivity index (χ2n) is 6.41. The molecule has 0 bridgehead atoms. The van der Waals surface area contributed by atoms with Crippen molar-refractivity contribution in [1.29, 1.82) is 0 Å². The van der Waals surface area contributed by atoms with Gasteiger partial charge in [0.15, 0.2) is 0 Å². The summed E-state index contributed by atoms with van der Waals surface area (Å²) in [5.74, 6) is 0.756. The van der Waals surface area contributed by atoms with Gasteiger partial charge in [-0.25, -0.2) is 8.42 Å². The predicted octanol–water partition coefficient (Wildman–Crippen LogP) is 2.98. The monoisotopic (exact) mass is 339 g/mol. The Bertz CT molecular complexity index is 586. The van der Waals surface area contributed by atoms with Crippen LogP contribution in [-0.2, 0) is 10.0 Å². The van der Waals surface area contributed by atoms with Crippen molar-refractivity contribution in [1.82, 2.24) is 4.90 Å². The van der Waals surface area contributed by atoms with Gasteiger partial charge >= 0.3 is 0 Å². The van der Waals surface area contributed by atoms with Crippen LogP contribution in [0.3, 0.4) is 0 Å². The molecule has 1 fully saturated rings. The highest BCUT2D eigenvalue weighted by Crippen LogP contribution is 2.22. The first-order valence-electron chi connectivity index (χ1n) is 8.53. The van der Waals surface area contributed by atoms with Crippen LogP contribution in [0.15, 0.2) is 24.3 Å². The third-order valence-electron chi connectivity index (χ3n) is 4.42. The molecular formula is C17H29N3O2S. The molecule has 6 heteroatoms. The molecule has 130 valence electrons. The molecule has 2 rings (SSSR count). The van der Waals surface area contributed by atoms with Gasteiger partial charge in [-0.05, 0) is 49.6 Å². The van der Waals surface area contributed by atoms with Crippen molar-refractivity contribution in [2.24, 2.45) is 5.92 Å². The van der Waals surface area contributed by atoms with Crippen LogP contribution in [-0.4, -0.2) is 44.7 Å². The molecule has 2 atom stereocenters. The number of nitrogens with zero attached hydrogens (tertiary/aromatic N) is 1. The first-order chi connectivity index (χ1) is 10.9. The number of benzene rings is 1. The molecule has 1 aliphatic rings. The number of sulfonamides is 1. The van der Waals surface area contributed by atoms with E-state index in [1.807, 2.05) is 31.2 Å². The van der Waals surface area contributed by atoms with Gasteiger partial charge in [0.05, 0.1) is 5.75 Å². The largest absolute Gasteiger partial charge is 0.382 e. The van der Waals surface area contributed by atoms with E-state index < -0.39 is 10.0 Å². The minimum Gasteiger partial charge on any atom is -0.382 e. The summed E-state index contributed by atoms with van der Waals surface area (Å²) in [5.41, 5.74) is 1.67. The van der Waals surface area contributed by atoms with E-state index in [1.165, 1.54) is 0 Å². The van der Waals surface area contributed by atoms with E-state index in [1.54, 1.807) is 0 Å². The van der Waals surface area contributed by atoms with Gasteiger partial charge < -0.3 is 10.2 Å². The first kappa shape index (κ1) is 18.1. The summed E-state index contributed by atoms with van der Waals surface area (Å²) in [5, 5.41) is 3.59. The van der Waals surface area contributed by atoms with Crippen LogP contribution in [0.25, 0.3) is 0 Å². The van der Waals surface area contributed by atoms with Gasteiger partial charge in [0.2, 0.25) is 10.0 Å². The van der Waals surface area contributed by atoms with Crippen LogP contribution in [0.2, 0.25) is 0 Å². The molecule has 0 aliphatic carbocycles. The molecule has 0 unspecified atom stereocenters. The minimum absolute atomic E-state index is 0.153. The average Bonchev–Trinajstić information content (AvgIpc) is 2.50. The smallest absolute Gasteiger partial charge is 0.232 e. The number of piperidine rings is 1. The maximum absolute atomic E-state index is 11.8. The zero-order valence-electron chi connectivity index (χ0n) is 14.4. The van der Waals surface area contributed by atoms with E-state index >= 15 is 0 Å². The molecule has 5 nitrogen and oxygen atoms in total. The van der Waals surface area contributed by atoms with E-state index in [-0.39, 0.29) is 5.75 Å². The van der Waals surface area contributed by atoms with Crippen molar-refractivity contribution < 1.29 is 8.42 Å². The van der Waals surface area contributed by atoms with Crippen LogP contribution in [0.4, 0.5) is 11.4 Å². The standard InChI is InChI=1S/C17H29N3O2S/c1-4-12-23(21,22)19-16-8-6-15(7-9-16)18-17-10-11-20(5-2)13-14(17)3/h6-9,14,17-19H,4-5,10-13H2,1-3H3/t14-,17+/m0/s1. The van der Waals surface area contributed by atoms with Crippen molar-refractivity contribution in [3.05, 3.63) is 24.3 Å². The zero-order chi connectivity index (χ0) is 16.9. The Balaban J connectivity index is 1.93. The molecule has 1 heterocycles. The molecule has 23 heavy (non-hydrogen) atoms. The van der Waals surface area contributed by atoms with Crippen molar-refractivity contribution in [2.75, 3.05) is 35.4 Å². The van der Waals surface area contributed by atoms with Crippen LogP contribution in [0, 0.1) is 5.92 Å². The molecular weight excluding hydrogens is 310 g/mol. The molecule has 1 aliphatic heterocycles. The van der Waals surface area contributed by atoms with Gasteiger partial charge in [-0.15, -0.1) is 0 Å². The number of rotatable bonds is 7. The molecule has 0 saturated carbocycles. The summed E-state index contributed by atoms with van der Waals surface area (Å²) >= 11 is 0. The molecule has 0 spiro atoms. The minimum atomic E-state index is -3.22. The lowest BCUT2D eigenvalue weighted by Crippen LogP contribution is -2.44. The van der Waals surface area contributed by atoms with Gasteiger partial charge in [-0.3, -0.25) is 4.72 Å². The highest BCUT2D eigenvalue weighted by molar-refractivity contribution is 7.92. The number of anilines is 2. The Morgan fingerprint density at radius 1 is 1.17 bits per heavy atom. The number of likely N-dealkylation sites (tertiary alicyclic amines) is 1. The third kappa shape index (κ3) is 5.39. The Morgan fingerprint density at radius 3 is 2.39 bits per heavy atom. The zero-order valence-corrected chi connectivity index (χ0v) is 15.2. The fourth-order valence-electron chi connectivity index (χ4n) is 3.08. The van der Waals surface area contributed by atoms with Crippen molar-refractivity contribution in [2.45, 2.75) is 39.7 Å². The average molecular weight is 340 g/mol. The van der Waals surface area contributed by atoms with E-state index in [4.69, 9.17) is 0 Å². The van der Waals surface area contributed by atoms with E-state index in [2.05, 4.69) is 28.8 Å². The number of nitrogens with one attached hydrogen (secondary N) is 2. The molecule has 1 aromatic carbocycles. The van der Waals surface area contributed by atoms with Gasteiger partial charge in [0.1, 0.15) is 0 Å². The topological polar surface area (TPSA) is 61.4 Å². The normalized spacial score (nSPS) is 22.7. The van der Waals surface area contributed by atoms with E-state index in [0.29, 0.717) is 24.1 Å². The predicted molar refractivity (Wildman–Crippen MR) is 97.4 cm³/mol. The van der Waals surface area contributed by atoms with Gasteiger partial charge in [-0.2, -0.15) is 0 Å². The van der Waals surface area contributed by atoms with E-state index in [9.17, 15) is 8.42 Å². The molecule has 2 N–H and O–H groups in total. The van der Waals surface area contributed by atoms with Gasteiger partial charge in [0, 0.05) is 30.5 Å². The van der Waals surface area contributed by atoms with Crippen molar-refractivity contribution >= 4 is 21.4 Å². The summed E-state index contributed by atoms with van der Waals surface area (Å²) in [7, 11) is -3.22. The lowest BCUT2D eigenvalue weighted by molar-refractivity contribution is 0.179. The van der Waals surface area contributed by atoms with Crippen LogP contribution < -0.4 is 10.0 Å². The van der Waals surface area contributed by atoms with Gasteiger partial charge in [0.25, 0.3) is 0 Å². The first-order valence-corrected chi connectivity index (χ1v) is 10.2. The third-order valence-corrected chi connectivity index (χ3v) is 5.91. The highest BCUT2D eigenvalue weighted by atomic mass is 32.2. The summed E-state index contributed by atoms with van der Waals surface area (Å²) in [4.78, 5) is 2.48. The maximum Gasteiger partial charge on any atom is 0.232 e. The molecule has 1 saturated heterocycles. The lowest BCUT2D eigenvalue weighted by atomic mass is 9.93. The molecule has 0 aromatic heterocycles. The van der Waals surface area contributed by atoms with Gasteiger partial charge in [-0.1, -0.05) is 20.8 Å². The van der Waals surface area contributed by atoms with Crippen molar-refractivity contribution in [3.63, 3.8) is 0 Å². The Kier molecular flexibility index (Phi) is 6.30. The fraction of sp³-hybridized carbons (Fsp3) is 0.647. The summed E-state index contributed by atoms with van der Waals surface area (Å²) < 4.78 is 26.2. The lowest BCUT2D eigenvalue weighted by Gasteiger charge is -2.37.